The fourth-order valence-corrected chi connectivity index (χ4v) is 3.13. The molecule has 0 bridgehead atoms. The summed E-state index contributed by atoms with van der Waals surface area (Å²) in [6.45, 7) is 4.35. The molecule has 2 aliphatic rings. The van der Waals surface area contributed by atoms with Crippen LogP contribution in [0.2, 0.25) is 5.15 Å². The van der Waals surface area contributed by atoms with Crippen LogP contribution < -0.4 is 10.6 Å². The number of anilines is 2. The van der Waals surface area contributed by atoms with E-state index in [2.05, 4.69) is 19.8 Å². The number of hydrogen-bond acceptors (Lipinski definition) is 5. The third-order valence-corrected chi connectivity index (χ3v) is 4.05. The van der Waals surface area contributed by atoms with Crippen LogP contribution in [-0.4, -0.2) is 47.1 Å². The largest absolute Gasteiger partial charge is 0.368 e. The summed E-state index contributed by atoms with van der Waals surface area (Å²) in [5.41, 5.74) is 5.65. The highest BCUT2D eigenvalue weighted by Crippen LogP contribution is 2.25. The molecule has 1 aromatic heterocycles. The van der Waals surface area contributed by atoms with E-state index >= 15 is 0 Å². The fourth-order valence-electron chi connectivity index (χ4n) is 2.95. The lowest BCUT2D eigenvalue weighted by atomic mass is 9.99. The standard InChI is InChI=1S/C12H18ClN5/c13-10-7-11(16-12(14)15-10)18-6-5-17-4-2-1-3-9(17)8-18/h7,9H,1-6,8H2,(H2,14,15,16). The van der Waals surface area contributed by atoms with Gasteiger partial charge in [-0.2, -0.15) is 4.98 Å². The molecule has 3 rings (SSSR count). The molecule has 1 unspecified atom stereocenters. The molecule has 2 fully saturated rings. The maximum atomic E-state index is 5.94. The zero-order valence-electron chi connectivity index (χ0n) is 10.3. The van der Waals surface area contributed by atoms with Crippen LogP contribution in [0.1, 0.15) is 19.3 Å². The van der Waals surface area contributed by atoms with Crippen LogP contribution in [0, 0.1) is 0 Å². The summed E-state index contributed by atoms with van der Waals surface area (Å²) < 4.78 is 0. The summed E-state index contributed by atoms with van der Waals surface area (Å²) in [4.78, 5) is 13.1. The molecule has 2 N–H and O–H groups in total. The number of hydrogen-bond donors (Lipinski definition) is 1. The minimum Gasteiger partial charge on any atom is -0.368 e. The van der Waals surface area contributed by atoms with Crippen molar-refractivity contribution in [2.24, 2.45) is 0 Å². The van der Waals surface area contributed by atoms with Gasteiger partial charge < -0.3 is 10.6 Å². The normalized spacial score (nSPS) is 24.9. The highest BCUT2D eigenvalue weighted by atomic mass is 35.5. The molecular weight excluding hydrogens is 250 g/mol. The van der Waals surface area contributed by atoms with Crippen molar-refractivity contribution < 1.29 is 0 Å². The molecule has 0 radical (unpaired) electrons. The van der Waals surface area contributed by atoms with Gasteiger partial charge in [-0.25, -0.2) is 4.98 Å². The molecule has 0 aromatic carbocycles. The Morgan fingerprint density at radius 2 is 2.11 bits per heavy atom. The topological polar surface area (TPSA) is 58.3 Å². The van der Waals surface area contributed by atoms with Gasteiger partial charge in [0.15, 0.2) is 0 Å². The minimum atomic E-state index is 0.253. The zero-order valence-corrected chi connectivity index (χ0v) is 11.1. The van der Waals surface area contributed by atoms with Crippen molar-refractivity contribution in [1.82, 2.24) is 14.9 Å². The third-order valence-electron chi connectivity index (χ3n) is 3.86. The van der Waals surface area contributed by atoms with Crippen molar-refractivity contribution in [2.75, 3.05) is 36.8 Å². The second kappa shape index (κ2) is 4.90. The van der Waals surface area contributed by atoms with Crippen molar-refractivity contribution in [1.29, 1.82) is 0 Å². The Morgan fingerprint density at radius 3 is 2.94 bits per heavy atom. The van der Waals surface area contributed by atoms with E-state index in [0.29, 0.717) is 11.2 Å². The maximum Gasteiger partial charge on any atom is 0.223 e. The molecular formula is C12H18ClN5. The van der Waals surface area contributed by atoms with Gasteiger partial charge in [-0.05, 0) is 19.4 Å². The van der Waals surface area contributed by atoms with Gasteiger partial charge >= 0.3 is 0 Å². The summed E-state index contributed by atoms with van der Waals surface area (Å²) in [6, 6.07) is 2.46. The number of fused-ring (bicyclic) bond motifs is 1. The van der Waals surface area contributed by atoms with Gasteiger partial charge in [0.25, 0.3) is 0 Å². The summed E-state index contributed by atoms with van der Waals surface area (Å²) in [7, 11) is 0. The fraction of sp³-hybridized carbons (Fsp3) is 0.667. The summed E-state index contributed by atoms with van der Waals surface area (Å²) >= 11 is 5.94. The quantitative estimate of drug-likeness (QED) is 0.779. The van der Waals surface area contributed by atoms with Crippen molar-refractivity contribution in [2.45, 2.75) is 25.3 Å². The second-order valence-corrected chi connectivity index (χ2v) is 5.43. The van der Waals surface area contributed by atoms with E-state index in [9.17, 15) is 0 Å². The Kier molecular flexibility index (Phi) is 3.26. The molecule has 0 aliphatic carbocycles. The molecule has 3 heterocycles. The molecule has 6 heteroatoms. The molecule has 2 saturated heterocycles. The van der Waals surface area contributed by atoms with E-state index in [1.807, 2.05) is 0 Å². The molecule has 98 valence electrons. The Balaban J connectivity index is 1.76. The summed E-state index contributed by atoms with van der Waals surface area (Å²) in [5.74, 6) is 1.11. The van der Waals surface area contributed by atoms with Gasteiger partial charge in [-0.3, -0.25) is 4.90 Å². The molecule has 0 spiro atoms. The average Bonchev–Trinajstić information content (AvgIpc) is 2.37. The van der Waals surface area contributed by atoms with Crippen LogP contribution in [0.5, 0.6) is 0 Å². The number of piperidine rings is 1. The first-order chi connectivity index (χ1) is 8.72. The molecule has 1 atom stereocenters. The van der Waals surface area contributed by atoms with Crippen LogP contribution in [0.25, 0.3) is 0 Å². The Hall–Kier alpha value is -1.07. The van der Waals surface area contributed by atoms with Gasteiger partial charge in [-0.15, -0.1) is 0 Å². The van der Waals surface area contributed by atoms with E-state index in [4.69, 9.17) is 17.3 Å². The SMILES string of the molecule is Nc1nc(Cl)cc(N2CCN3CCCCC3C2)n1. The van der Waals surface area contributed by atoms with E-state index in [0.717, 1.165) is 25.5 Å². The highest BCUT2D eigenvalue weighted by molar-refractivity contribution is 6.29. The number of halogens is 1. The summed E-state index contributed by atoms with van der Waals surface area (Å²) in [6.07, 6.45) is 3.95. The first kappa shape index (κ1) is 12.0. The van der Waals surface area contributed by atoms with Gasteiger partial charge in [0.05, 0.1) is 0 Å². The van der Waals surface area contributed by atoms with E-state index in [1.165, 1.54) is 25.8 Å². The molecule has 18 heavy (non-hydrogen) atoms. The maximum absolute atomic E-state index is 5.94. The van der Waals surface area contributed by atoms with Crippen molar-refractivity contribution in [3.8, 4) is 0 Å². The van der Waals surface area contributed by atoms with E-state index in [1.54, 1.807) is 6.07 Å². The first-order valence-electron chi connectivity index (χ1n) is 6.51. The van der Waals surface area contributed by atoms with E-state index in [-0.39, 0.29) is 5.95 Å². The number of rotatable bonds is 1. The van der Waals surface area contributed by atoms with Crippen LogP contribution >= 0.6 is 11.6 Å². The first-order valence-corrected chi connectivity index (χ1v) is 6.89. The Morgan fingerprint density at radius 1 is 1.22 bits per heavy atom. The van der Waals surface area contributed by atoms with Gasteiger partial charge in [-0.1, -0.05) is 18.0 Å². The average molecular weight is 268 g/mol. The number of piperazine rings is 1. The van der Waals surface area contributed by atoms with Crippen molar-refractivity contribution in [3.63, 3.8) is 0 Å². The minimum absolute atomic E-state index is 0.253. The lowest BCUT2D eigenvalue weighted by Gasteiger charge is -2.44. The molecule has 0 saturated carbocycles. The van der Waals surface area contributed by atoms with Crippen LogP contribution in [0.15, 0.2) is 6.07 Å². The highest BCUT2D eigenvalue weighted by Gasteiger charge is 2.29. The van der Waals surface area contributed by atoms with Gasteiger partial charge in [0.1, 0.15) is 11.0 Å². The van der Waals surface area contributed by atoms with Gasteiger partial charge in [0, 0.05) is 31.7 Å². The third kappa shape index (κ3) is 2.37. The lowest BCUT2D eigenvalue weighted by molar-refractivity contribution is 0.133. The lowest BCUT2D eigenvalue weighted by Crippen LogP contribution is -2.55. The summed E-state index contributed by atoms with van der Waals surface area (Å²) in [5, 5.41) is 0.420. The Bertz CT molecular complexity index is 418. The van der Waals surface area contributed by atoms with E-state index < -0.39 is 0 Å². The Labute approximate surface area is 112 Å². The smallest absolute Gasteiger partial charge is 0.223 e. The zero-order chi connectivity index (χ0) is 12.5. The van der Waals surface area contributed by atoms with Crippen molar-refractivity contribution in [3.05, 3.63) is 11.2 Å². The number of nitrogen functional groups attached to an aromatic ring is 1. The van der Waals surface area contributed by atoms with Crippen LogP contribution in [-0.2, 0) is 0 Å². The van der Waals surface area contributed by atoms with Crippen LogP contribution in [0.3, 0.4) is 0 Å². The predicted octanol–water partition coefficient (Wildman–Crippen LogP) is 1.39. The number of nitrogens with two attached hydrogens (primary N) is 1. The molecule has 0 amide bonds. The van der Waals surface area contributed by atoms with Crippen molar-refractivity contribution >= 4 is 23.4 Å². The van der Waals surface area contributed by atoms with Gasteiger partial charge in [0.2, 0.25) is 5.95 Å². The molecule has 2 aliphatic heterocycles. The van der Waals surface area contributed by atoms with Crippen LogP contribution in [0.4, 0.5) is 11.8 Å². The number of nitrogens with zero attached hydrogens (tertiary/aromatic N) is 4. The molecule has 5 nitrogen and oxygen atoms in total. The molecule has 1 aromatic rings. The monoisotopic (exact) mass is 267 g/mol. The second-order valence-electron chi connectivity index (χ2n) is 5.04. The number of aromatic nitrogens is 2. The predicted molar refractivity (Wildman–Crippen MR) is 72.9 cm³/mol.